The Bertz CT molecular complexity index is 46.8. The zero-order valence-electron chi connectivity index (χ0n) is 3.44. The molecule has 0 unspecified atom stereocenters. The van der Waals surface area contributed by atoms with Crippen molar-refractivity contribution in [2.24, 2.45) is 4.99 Å². The molecule has 4 radical (unpaired) electrons. The molecule has 0 aromatic heterocycles. The van der Waals surface area contributed by atoms with E-state index in [1.165, 1.54) is 0 Å². The third-order valence-corrected chi connectivity index (χ3v) is 0.568. The summed E-state index contributed by atoms with van der Waals surface area (Å²) in [6.45, 7) is 1.99. The molecule has 1 aliphatic heterocycles. The molecule has 0 aliphatic carbocycles. The first-order valence-corrected chi connectivity index (χ1v) is 1.72. The van der Waals surface area contributed by atoms with Gasteiger partial charge in [-0.25, -0.2) is 0 Å². The summed E-state index contributed by atoms with van der Waals surface area (Å²) in [5.41, 5.74) is 0. The largest absolute Gasteiger partial charge is 0.375 e. The molecule has 3 heteroatoms. The van der Waals surface area contributed by atoms with Crippen molar-refractivity contribution >= 4 is 33.6 Å². The molecule has 1 heterocycles. The summed E-state index contributed by atoms with van der Waals surface area (Å²) in [7, 11) is 0. The van der Waals surface area contributed by atoms with Gasteiger partial charge in [0, 0.05) is 33.8 Å². The minimum absolute atomic E-state index is 0. The first-order valence-electron chi connectivity index (χ1n) is 1.72. The fraction of sp³-hybridized carbons (Fsp3) is 0.667. The summed E-state index contributed by atoms with van der Waals surface area (Å²) in [5, 5.41) is 2.93. The van der Waals surface area contributed by atoms with E-state index in [4.69, 9.17) is 0 Å². The quantitative estimate of drug-likeness (QED) is 0.578. The minimum Gasteiger partial charge on any atom is -0.375 e. The standard InChI is InChI=1S/C3H6N2.Pb/c1-2-5-3-4-1;/h3H,1-2H2,(H,4,5);. The van der Waals surface area contributed by atoms with Crippen LogP contribution in [0.15, 0.2) is 4.99 Å². The van der Waals surface area contributed by atoms with E-state index in [0.29, 0.717) is 0 Å². The second-order valence-corrected chi connectivity index (χ2v) is 0.989. The summed E-state index contributed by atoms with van der Waals surface area (Å²) in [6, 6.07) is 0. The second kappa shape index (κ2) is 3.58. The Balaban J connectivity index is 0.000000250. The van der Waals surface area contributed by atoms with Gasteiger partial charge >= 0.3 is 0 Å². The van der Waals surface area contributed by atoms with Gasteiger partial charge in [0.15, 0.2) is 0 Å². The molecular weight excluding hydrogens is 271 g/mol. The molecule has 1 N–H and O–H groups in total. The number of nitrogens with zero attached hydrogens (tertiary/aromatic N) is 1. The molecule has 2 nitrogen and oxygen atoms in total. The monoisotopic (exact) mass is 278 g/mol. The van der Waals surface area contributed by atoms with Crippen LogP contribution in [0.4, 0.5) is 0 Å². The SMILES string of the molecule is C1=NCCN1.[Pb]. The van der Waals surface area contributed by atoms with Gasteiger partial charge in [-0.1, -0.05) is 0 Å². The van der Waals surface area contributed by atoms with E-state index in [9.17, 15) is 0 Å². The number of nitrogens with one attached hydrogen (secondary N) is 1. The Hall–Kier alpha value is 0.392. The summed E-state index contributed by atoms with van der Waals surface area (Å²) < 4.78 is 0. The molecule has 6 heavy (non-hydrogen) atoms. The van der Waals surface area contributed by atoms with Crippen LogP contribution in [-0.4, -0.2) is 46.7 Å². The van der Waals surface area contributed by atoms with Crippen molar-refractivity contribution < 1.29 is 0 Å². The van der Waals surface area contributed by atoms with Crippen LogP contribution in [0.3, 0.4) is 0 Å². The summed E-state index contributed by atoms with van der Waals surface area (Å²) >= 11 is 0. The van der Waals surface area contributed by atoms with Gasteiger partial charge in [0.1, 0.15) is 0 Å². The zero-order valence-corrected chi connectivity index (χ0v) is 7.33. The Kier molecular flexibility index (Phi) is 3.81. The van der Waals surface area contributed by atoms with Crippen LogP contribution in [0, 0.1) is 0 Å². The van der Waals surface area contributed by atoms with E-state index < -0.39 is 0 Å². The molecule has 0 saturated heterocycles. The van der Waals surface area contributed by atoms with Gasteiger partial charge in [0.05, 0.1) is 12.9 Å². The van der Waals surface area contributed by atoms with Crippen LogP contribution < -0.4 is 5.32 Å². The average molecular weight is 277 g/mol. The van der Waals surface area contributed by atoms with Gasteiger partial charge in [0.2, 0.25) is 0 Å². The Morgan fingerprint density at radius 3 is 2.67 bits per heavy atom. The predicted octanol–water partition coefficient (Wildman–Crippen LogP) is -0.763. The summed E-state index contributed by atoms with van der Waals surface area (Å²) in [6.07, 6.45) is 1.74. The third-order valence-electron chi connectivity index (χ3n) is 0.568. The van der Waals surface area contributed by atoms with Crippen molar-refractivity contribution in [1.29, 1.82) is 0 Å². The first kappa shape index (κ1) is 6.39. The maximum absolute atomic E-state index is 3.85. The zero-order chi connectivity index (χ0) is 3.54. The normalized spacial score (nSPS) is 16.0. The van der Waals surface area contributed by atoms with E-state index in [-0.39, 0.29) is 27.3 Å². The number of aliphatic imine (C=N–C) groups is 1. The number of hydrogen-bond donors (Lipinski definition) is 1. The third kappa shape index (κ3) is 1.74. The van der Waals surface area contributed by atoms with Crippen LogP contribution in [0.5, 0.6) is 0 Å². The van der Waals surface area contributed by atoms with Crippen molar-refractivity contribution in [2.75, 3.05) is 13.1 Å². The van der Waals surface area contributed by atoms with Gasteiger partial charge in [-0.15, -0.1) is 0 Å². The van der Waals surface area contributed by atoms with E-state index in [2.05, 4.69) is 10.3 Å². The van der Waals surface area contributed by atoms with E-state index >= 15 is 0 Å². The molecule has 0 bridgehead atoms. The smallest absolute Gasteiger partial charge is 0.0825 e. The molecule has 0 atom stereocenters. The maximum atomic E-state index is 3.85. The fourth-order valence-corrected chi connectivity index (χ4v) is 0.323. The summed E-state index contributed by atoms with van der Waals surface area (Å²) in [5.74, 6) is 0. The van der Waals surface area contributed by atoms with Gasteiger partial charge < -0.3 is 5.32 Å². The van der Waals surface area contributed by atoms with Gasteiger partial charge in [0.25, 0.3) is 0 Å². The van der Waals surface area contributed by atoms with Crippen LogP contribution in [0.2, 0.25) is 0 Å². The molecular formula is C3H6N2Pb. The second-order valence-electron chi connectivity index (χ2n) is 0.989. The average Bonchev–Trinajstić information content (AvgIpc) is 1.76. The molecule has 0 aromatic carbocycles. The molecule has 1 aliphatic rings. The van der Waals surface area contributed by atoms with Crippen molar-refractivity contribution in [2.45, 2.75) is 0 Å². The van der Waals surface area contributed by atoms with Crippen LogP contribution >= 0.6 is 0 Å². The molecule has 0 saturated carbocycles. The number of rotatable bonds is 0. The minimum atomic E-state index is 0. The molecule has 1 rings (SSSR count). The fourth-order valence-electron chi connectivity index (χ4n) is 0.323. The Labute approximate surface area is 57.2 Å². The number of hydrogen-bond acceptors (Lipinski definition) is 2. The van der Waals surface area contributed by atoms with Crippen molar-refractivity contribution in [3.05, 3.63) is 0 Å². The summed E-state index contributed by atoms with van der Waals surface area (Å²) in [4.78, 5) is 3.85. The van der Waals surface area contributed by atoms with E-state index in [1.54, 1.807) is 6.34 Å². The molecule has 0 spiro atoms. The first-order chi connectivity index (χ1) is 2.50. The van der Waals surface area contributed by atoms with Gasteiger partial charge in [-0.05, 0) is 0 Å². The van der Waals surface area contributed by atoms with E-state index in [1.807, 2.05) is 0 Å². The topological polar surface area (TPSA) is 24.4 Å². The molecule has 32 valence electrons. The maximum Gasteiger partial charge on any atom is 0.0825 e. The van der Waals surface area contributed by atoms with Crippen LogP contribution in [-0.2, 0) is 0 Å². The Morgan fingerprint density at radius 2 is 2.50 bits per heavy atom. The van der Waals surface area contributed by atoms with E-state index in [0.717, 1.165) is 13.1 Å². The van der Waals surface area contributed by atoms with Crippen molar-refractivity contribution in [1.82, 2.24) is 5.32 Å². The van der Waals surface area contributed by atoms with Crippen molar-refractivity contribution in [3.8, 4) is 0 Å². The molecule has 0 fully saturated rings. The molecule has 0 aromatic rings. The van der Waals surface area contributed by atoms with Gasteiger partial charge in [-0.3, -0.25) is 4.99 Å². The van der Waals surface area contributed by atoms with Crippen molar-refractivity contribution in [3.63, 3.8) is 0 Å². The van der Waals surface area contributed by atoms with Gasteiger partial charge in [-0.2, -0.15) is 0 Å². The predicted molar refractivity (Wildman–Crippen MR) is 27.1 cm³/mol. The van der Waals surface area contributed by atoms with Crippen LogP contribution in [0.25, 0.3) is 0 Å². The van der Waals surface area contributed by atoms with Crippen LogP contribution in [0.1, 0.15) is 0 Å². The molecule has 0 amide bonds. The Morgan fingerprint density at radius 1 is 1.67 bits per heavy atom.